The fraction of sp³-hybridized carbons (Fsp3) is 0.628. The standard InChI is InChI=1S/C43H63N7O9/c1-28(2)20-34(46-43(58)36-17-13-19-50(36)29(3)52)37(53)22-31(42(57)47-35(26-51)38(54)23-33(41(44)56)39-24-40(55)48-59-39)21-32-25-45-27-49(32)18-12-7-5-4-6-9-14-30-15-10-8-11-16-30/h8,10-11,15-16,25,27-28,31,33-36,39,51H,4-7,9,12-14,17-24,26H2,1-3H3,(H2,44,56)(H,46,58)(H,47,57)(H,48,55)/t31-,33+,34+,35+,36+,39+/m1/s1. The van der Waals surface area contributed by atoms with Gasteiger partial charge in [-0.25, -0.2) is 10.5 Å². The van der Waals surface area contributed by atoms with Crippen LogP contribution in [-0.4, -0.2) is 98.0 Å². The first-order chi connectivity index (χ1) is 28.3. The van der Waals surface area contributed by atoms with E-state index in [9.17, 15) is 38.7 Å². The van der Waals surface area contributed by atoms with Crippen molar-refractivity contribution in [3.63, 3.8) is 0 Å². The van der Waals surface area contributed by atoms with Gasteiger partial charge in [-0.1, -0.05) is 69.9 Å². The van der Waals surface area contributed by atoms with Crippen LogP contribution >= 0.6 is 0 Å². The number of aryl methyl sites for hydroxylation is 2. The fourth-order valence-corrected chi connectivity index (χ4v) is 7.93. The molecule has 4 rings (SSSR count). The monoisotopic (exact) mass is 821 g/mol. The molecule has 6 N–H and O–H groups in total. The van der Waals surface area contributed by atoms with Crippen molar-refractivity contribution in [1.82, 2.24) is 30.6 Å². The summed E-state index contributed by atoms with van der Waals surface area (Å²) in [6.45, 7) is 5.53. The van der Waals surface area contributed by atoms with Crippen LogP contribution in [0.4, 0.5) is 0 Å². The van der Waals surface area contributed by atoms with Crippen LogP contribution in [0.1, 0.15) is 109 Å². The van der Waals surface area contributed by atoms with Gasteiger partial charge in [0.15, 0.2) is 11.6 Å². The van der Waals surface area contributed by atoms with Crippen molar-refractivity contribution in [2.45, 2.75) is 141 Å². The second-order valence-corrected chi connectivity index (χ2v) is 16.4. The molecule has 2 aliphatic heterocycles. The molecule has 0 aliphatic carbocycles. The summed E-state index contributed by atoms with van der Waals surface area (Å²) in [4.78, 5) is 102. The van der Waals surface area contributed by atoms with Gasteiger partial charge in [0.05, 0.1) is 37.2 Å². The molecule has 2 saturated heterocycles. The molecule has 0 saturated carbocycles. The van der Waals surface area contributed by atoms with Crippen LogP contribution in [0.25, 0.3) is 0 Å². The molecular weight excluding hydrogens is 759 g/mol. The zero-order chi connectivity index (χ0) is 42.9. The third-order valence-corrected chi connectivity index (χ3v) is 11.2. The lowest BCUT2D eigenvalue weighted by atomic mass is 9.89. The molecule has 0 radical (unpaired) electrons. The Morgan fingerprint density at radius 3 is 2.31 bits per heavy atom. The van der Waals surface area contributed by atoms with Crippen molar-refractivity contribution < 1.29 is 43.5 Å². The van der Waals surface area contributed by atoms with Gasteiger partial charge >= 0.3 is 0 Å². The molecule has 3 heterocycles. The van der Waals surface area contributed by atoms with E-state index in [-0.39, 0.29) is 31.1 Å². The average Bonchev–Trinajstić information content (AvgIpc) is 3.98. The quantitative estimate of drug-likeness (QED) is 0.0871. The van der Waals surface area contributed by atoms with E-state index in [0.717, 1.165) is 44.9 Å². The minimum Gasteiger partial charge on any atom is -0.394 e. The number of benzene rings is 1. The molecule has 1 aromatic carbocycles. The predicted octanol–water partition coefficient (Wildman–Crippen LogP) is 2.48. The number of nitrogens with zero attached hydrogens (tertiary/aromatic N) is 3. The number of carbonyl (C=O) groups excluding carboxylic acids is 7. The van der Waals surface area contributed by atoms with Gasteiger partial charge < -0.3 is 30.9 Å². The Bertz CT molecular complexity index is 1730. The van der Waals surface area contributed by atoms with Crippen molar-refractivity contribution in [2.75, 3.05) is 13.2 Å². The number of nitrogens with one attached hydrogen (secondary N) is 3. The number of imidazole rings is 1. The topological polar surface area (TPSA) is 232 Å². The molecular formula is C43H63N7O9. The zero-order valence-corrected chi connectivity index (χ0v) is 34.7. The molecule has 16 heteroatoms. The number of amides is 5. The molecule has 5 amide bonds. The van der Waals surface area contributed by atoms with E-state index >= 15 is 0 Å². The highest BCUT2D eigenvalue weighted by Crippen LogP contribution is 2.23. The van der Waals surface area contributed by atoms with E-state index in [2.05, 4.69) is 45.4 Å². The highest BCUT2D eigenvalue weighted by molar-refractivity contribution is 5.96. The largest absolute Gasteiger partial charge is 0.394 e. The lowest BCUT2D eigenvalue weighted by Gasteiger charge is -2.27. The van der Waals surface area contributed by atoms with Gasteiger partial charge in [0.25, 0.3) is 0 Å². The summed E-state index contributed by atoms with van der Waals surface area (Å²) in [6.07, 6.45) is 10.3. The van der Waals surface area contributed by atoms with Gasteiger partial charge in [0, 0.05) is 51.2 Å². The number of hydrogen-bond donors (Lipinski definition) is 5. The SMILES string of the molecule is CC(=O)N1CCC[C@H]1C(=O)N[C@@H](CC(C)C)C(=O)C[C@@H](Cc1cncn1CCCCCCCCc1ccccc1)C(=O)N[C@@H](CO)C(=O)C[C@H](C(N)=O)[C@@H]1CC(=O)NO1. The Labute approximate surface area is 346 Å². The number of carbonyl (C=O) groups is 7. The van der Waals surface area contributed by atoms with Crippen molar-refractivity contribution in [2.24, 2.45) is 23.5 Å². The number of unbranched alkanes of at least 4 members (excludes halogenated alkanes) is 5. The number of aromatic nitrogens is 2. The molecule has 1 aromatic heterocycles. The van der Waals surface area contributed by atoms with Crippen LogP contribution in [-0.2, 0) is 57.8 Å². The van der Waals surface area contributed by atoms with E-state index < -0.39 is 84.3 Å². The Morgan fingerprint density at radius 1 is 0.966 bits per heavy atom. The number of nitrogens with two attached hydrogens (primary N) is 1. The number of hydroxylamine groups is 1. The molecule has 2 aromatic rings. The van der Waals surface area contributed by atoms with E-state index in [1.807, 2.05) is 24.5 Å². The minimum atomic E-state index is -1.45. The molecule has 6 atom stereocenters. The smallest absolute Gasteiger partial charge is 0.246 e. The first kappa shape index (κ1) is 46.7. The average molecular weight is 822 g/mol. The summed E-state index contributed by atoms with van der Waals surface area (Å²) in [5.74, 6) is -6.05. The Balaban J connectivity index is 1.45. The maximum absolute atomic E-state index is 14.1. The molecule has 16 nitrogen and oxygen atoms in total. The molecule has 0 bridgehead atoms. The van der Waals surface area contributed by atoms with E-state index in [4.69, 9.17) is 10.6 Å². The summed E-state index contributed by atoms with van der Waals surface area (Å²) >= 11 is 0. The van der Waals surface area contributed by atoms with E-state index in [0.29, 0.717) is 38.0 Å². The molecule has 0 unspecified atom stereocenters. The first-order valence-corrected chi connectivity index (χ1v) is 21.1. The number of rotatable bonds is 26. The molecule has 59 heavy (non-hydrogen) atoms. The number of aliphatic hydroxyl groups is 1. The third kappa shape index (κ3) is 14.7. The highest BCUT2D eigenvalue weighted by atomic mass is 16.7. The Kier molecular flexibility index (Phi) is 18.7. The van der Waals surface area contributed by atoms with Gasteiger partial charge in [0.2, 0.25) is 29.5 Å². The third-order valence-electron chi connectivity index (χ3n) is 11.2. The van der Waals surface area contributed by atoms with Gasteiger partial charge in [-0.15, -0.1) is 0 Å². The van der Waals surface area contributed by atoms with Gasteiger partial charge in [-0.05, 0) is 50.0 Å². The van der Waals surface area contributed by atoms with E-state index in [1.54, 1.807) is 12.5 Å². The van der Waals surface area contributed by atoms with Crippen molar-refractivity contribution in [3.05, 3.63) is 54.1 Å². The second-order valence-electron chi connectivity index (χ2n) is 16.4. The van der Waals surface area contributed by atoms with Crippen LogP contribution in [0.5, 0.6) is 0 Å². The highest BCUT2D eigenvalue weighted by Gasteiger charge is 2.39. The number of Topliss-reactive ketones (excluding diaryl/α,β-unsaturated/α-hetero) is 2. The van der Waals surface area contributed by atoms with Crippen molar-refractivity contribution in [3.8, 4) is 0 Å². The summed E-state index contributed by atoms with van der Waals surface area (Å²) in [5.41, 5.74) is 9.73. The lowest BCUT2D eigenvalue weighted by Crippen LogP contribution is -2.52. The zero-order valence-electron chi connectivity index (χ0n) is 34.7. The van der Waals surface area contributed by atoms with Crippen LogP contribution < -0.4 is 21.8 Å². The molecule has 2 fully saturated rings. The molecule has 2 aliphatic rings. The maximum atomic E-state index is 14.1. The second kappa shape index (κ2) is 23.6. The first-order valence-electron chi connectivity index (χ1n) is 21.1. The van der Waals surface area contributed by atoms with Crippen LogP contribution in [0.2, 0.25) is 0 Å². The van der Waals surface area contributed by atoms with Gasteiger partial charge in [-0.3, -0.25) is 38.4 Å². The van der Waals surface area contributed by atoms with Crippen molar-refractivity contribution >= 4 is 41.1 Å². The lowest BCUT2D eigenvalue weighted by molar-refractivity contribution is -0.138. The minimum absolute atomic E-state index is 0.00163. The van der Waals surface area contributed by atoms with Crippen LogP contribution in [0, 0.1) is 17.8 Å². The number of primary amides is 1. The van der Waals surface area contributed by atoms with Crippen LogP contribution in [0.15, 0.2) is 42.9 Å². The number of likely N-dealkylation sites (tertiary alicyclic amines) is 1. The summed E-state index contributed by atoms with van der Waals surface area (Å²) in [6, 6.07) is 7.36. The maximum Gasteiger partial charge on any atom is 0.246 e. The Hall–Kier alpha value is -4.96. The summed E-state index contributed by atoms with van der Waals surface area (Å²) in [5, 5.41) is 15.7. The summed E-state index contributed by atoms with van der Waals surface area (Å²) in [7, 11) is 0. The Morgan fingerprint density at radius 2 is 1.66 bits per heavy atom. The van der Waals surface area contributed by atoms with Crippen LogP contribution in [0.3, 0.4) is 0 Å². The fourth-order valence-electron chi connectivity index (χ4n) is 7.93. The summed E-state index contributed by atoms with van der Waals surface area (Å²) < 4.78 is 1.95. The predicted molar refractivity (Wildman–Crippen MR) is 218 cm³/mol. The molecule has 324 valence electrons. The number of ketones is 2. The number of aliphatic hydroxyl groups excluding tert-OH is 1. The van der Waals surface area contributed by atoms with E-state index in [1.165, 1.54) is 17.4 Å². The van der Waals surface area contributed by atoms with Gasteiger partial charge in [0.1, 0.15) is 18.2 Å². The van der Waals surface area contributed by atoms with Gasteiger partial charge in [-0.2, -0.15) is 0 Å². The molecule has 0 spiro atoms. The van der Waals surface area contributed by atoms with Crippen molar-refractivity contribution in [1.29, 1.82) is 0 Å². The normalized spacial score (nSPS) is 18.5. The number of hydrogen-bond acceptors (Lipinski definition) is 10.